The summed E-state index contributed by atoms with van der Waals surface area (Å²) in [5.74, 6) is -1.25. The normalized spacial score (nSPS) is 17.0. The van der Waals surface area contributed by atoms with E-state index < -0.39 is 23.5 Å². The van der Waals surface area contributed by atoms with E-state index in [1.165, 1.54) is 30.2 Å². The van der Waals surface area contributed by atoms with Gasteiger partial charge < -0.3 is 19.5 Å². The van der Waals surface area contributed by atoms with Crippen LogP contribution in [0.1, 0.15) is 22.7 Å². The zero-order valence-electron chi connectivity index (χ0n) is 19.1. The van der Waals surface area contributed by atoms with Gasteiger partial charge in [0.2, 0.25) is 0 Å². The summed E-state index contributed by atoms with van der Waals surface area (Å²) in [6, 6.07) is 16.9. The van der Waals surface area contributed by atoms with E-state index in [0.29, 0.717) is 29.0 Å². The maximum absolute atomic E-state index is 14.1. The quantitative estimate of drug-likeness (QED) is 0.251. The molecule has 1 amide bonds. The highest BCUT2D eigenvalue weighted by molar-refractivity contribution is 9.10. The van der Waals surface area contributed by atoms with E-state index in [9.17, 15) is 19.1 Å². The number of amides is 1. The van der Waals surface area contributed by atoms with Crippen molar-refractivity contribution in [3.05, 3.63) is 99.3 Å². The van der Waals surface area contributed by atoms with Crippen molar-refractivity contribution < 1.29 is 28.6 Å². The number of rotatable bonds is 7. The van der Waals surface area contributed by atoms with Crippen molar-refractivity contribution in [2.24, 2.45) is 0 Å². The van der Waals surface area contributed by atoms with Gasteiger partial charge in [0, 0.05) is 16.6 Å². The molecule has 1 unspecified atom stereocenters. The molecule has 1 fully saturated rings. The summed E-state index contributed by atoms with van der Waals surface area (Å²) >= 11 is 3.34. The van der Waals surface area contributed by atoms with E-state index in [2.05, 4.69) is 15.9 Å². The van der Waals surface area contributed by atoms with Gasteiger partial charge in [-0.3, -0.25) is 9.59 Å². The third kappa shape index (κ3) is 4.93. The average Bonchev–Trinajstić information content (AvgIpc) is 3.12. The number of ether oxygens (including phenoxy) is 2. The largest absolute Gasteiger partial charge is 0.507 e. The second-order valence-electron chi connectivity index (χ2n) is 7.99. The number of carbonyl (C=O) groups is 2. The molecule has 0 aromatic heterocycles. The number of hydrogen-bond donors (Lipinski definition) is 1. The van der Waals surface area contributed by atoms with E-state index in [4.69, 9.17) is 9.47 Å². The topological polar surface area (TPSA) is 76.1 Å². The molecule has 0 aliphatic carbocycles. The van der Waals surface area contributed by atoms with Crippen molar-refractivity contribution in [3.63, 3.8) is 0 Å². The summed E-state index contributed by atoms with van der Waals surface area (Å²) in [5, 5.41) is 11.1. The molecule has 6 nitrogen and oxygen atoms in total. The van der Waals surface area contributed by atoms with Gasteiger partial charge in [0.15, 0.2) is 11.5 Å². The zero-order chi connectivity index (χ0) is 25.1. The van der Waals surface area contributed by atoms with Gasteiger partial charge in [0.05, 0.1) is 25.8 Å². The van der Waals surface area contributed by atoms with Crippen LogP contribution in [-0.4, -0.2) is 42.5 Å². The molecule has 1 saturated heterocycles. The molecule has 8 heteroatoms. The molecule has 3 aromatic carbocycles. The maximum Gasteiger partial charge on any atom is 0.295 e. The number of likely N-dealkylation sites (tertiary alicyclic amines) is 1. The minimum Gasteiger partial charge on any atom is -0.507 e. The number of aliphatic hydroxyl groups is 1. The molecular formula is C27H23BrFNO5. The first-order chi connectivity index (χ1) is 16.8. The number of ketones is 1. The minimum absolute atomic E-state index is 0.0739. The molecule has 1 aliphatic rings. The van der Waals surface area contributed by atoms with Crippen molar-refractivity contribution >= 4 is 33.4 Å². The molecule has 3 aromatic rings. The van der Waals surface area contributed by atoms with Gasteiger partial charge in [-0.25, -0.2) is 4.39 Å². The van der Waals surface area contributed by atoms with Crippen LogP contribution in [0.25, 0.3) is 5.76 Å². The van der Waals surface area contributed by atoms with Gasteiger partial charge in [0.1, 0.15) is 11.6 Å². The Hall–Kier alpha value is -3.65. The number of halogens is 2. The summed E-state index contributed by atoms with van der Waals surface area (Å²) in [7, 11) is 3.08. The minimum atomic E-state index is -0.936. The lowest BCUT2D eigenvalue weighted by Crippen LogP contribution is -2.31. The first-order valence-electron chi connectivity index (χ1n) is 10.8. The van der Waals surface area contributed by atoms with E-state index in [0.717, 1.165) is 10.0 Å². The average molecular weight is 540 g/mol. The molecule has 1 N–H and O–H groups in total. The lowest BCUT2D eigenvalue weighted by molar-refractivity contribution is -0.139. The molecule has 0 saturated carbocycles. The number of benzene rings is 3. The molecule has 180 valence electrons. The Labute approximate surface area is 210 Å². The molecule has 35 heavy (non-hydrogen) atoms. The smallest absolute Gasteiger partial charge is 0.295 e. The van der Waals surface area contributed by atoms with Crippen molar-refractivity contribution in [2.45, 2.75) is 12.5 Å². The van der Waals surface area contributed by atoms with Gasteiger partial charge in [-0.2, -0.15) is 0 Å². The van der Waals surface area contributed by atoms with Gasteiger partial charge in [-0.05, 0) is 53.9 Å². The van der Waals surface area contributed by atoms with Crippen molar-refractivity contribution in [2.75, 3.05) is 20.8 Å². The maximum atomic E-state index is 14.1. The molecule has 0 radical (unpaired) electrons. The van der Waals surface area contributed by atoms with Gasteiger partial charge in [-0.1, -0.05) is 46.3 Å². The number of Topliss-reactive ketones (excluding diaryl/α,β-unsaturated/α-hetero) is 1. The molecule has 1 atom stereocenters. The summed E-state index contributed by atoms with van der Waals surface area (Å²) in [5.41, 5.74) is 1.56. The fraction of sp³-hybridized carbons (Fsp3) is 0.185. The SMILES string of the molecule is COc1ccc(CCN2C(=O)C(=O)C(=C(O)c3ccc(Br)cc3)C2c2cccc(F)c2)cc1OC. The third-order valence-corrected chi connectivity index (χ3v) is 6.44. The molecule has 1 heterocycles. The molecule has 0 bridgehead atoms. The number of methoxy groups -OCH3 is 2. The lowest BCUT2D eigenvalue weighted by atomic mass is 9.95. The van der Waals surface area contributed by atoms with E-state index in [1.807, 2.05) is 6.07 Å². The van der Waals surface area contributed by atoms with Crippen LogP contribution >= 0.6 is 15.9 Å². The summed E-state index contributed by atoms with van der Waals surface area (Å²) in [6.07, 6.45) is 0.400. The second kappa shape index (κ2) is 10.3. The Morgan fingerprint density at radius 2 is 1.71 bits per heavy atom. The first-order valence-corrected chi connectivity index (χ1v) is 11.6. The lowest BCUT2D eigenvalue weighted by Gasteiger charge is -2.25. The predicted molar refractivity (Wildman–Crippen MR) is 133 cm³/mol. The molecule has 0 spiro atoms. The summed E-state index contributed by atoms with van der Waals surface area (Å²) in [4.78, 5) is 27.6. The van der Waals surface area contributed by atoms with Crippen LogP contribution in [-0.2, 0) is 16.0 Å². The monoisotopic (exact) mass is 539 g/mol. The fourth-order valence-electron chi connectivity index (χ4n) is 4.18. The highest BCUT2D eigenvalue weighted by Crippen LogP contribution is 2.40. The van der Waals surface area contributed by atoms with Crippen LogP contribution in [0.3, 0.4) is 0 Å². The highest BCUT2D eigenvalue weighted by atomic mass is 79.9. The van der Waals surface area contributed by atoms with Gasteiger partial charge in [0.25, 0.3) is 11.7 Å². The van der Waals surface area contributed by atoms with Crippen LogP contribution < -0.4 is 9.47 Å². The molecular weight excluding hydrogens is 517 g/mol. The fourth-order valence-corrected chi connectivity index (χ4v) is 4.45. The van der Waals surface area contributed by atoms with Crippen LogP contribution in [0.2, 0.25) is 0 Å². The third-order valence-electron chi connectivity index (χ3n) is 5.91. The zero-order valence-corrected chi connectivity index (χ0v) is 20.7. The molecule has 4 rings (SSSR count). The Morgan fingerprint density at radius 3 is 2.37 bits per heavy atom. The Kier molecular flexibility index (Phi) is 7.21. The number of aliphatic hydroxyl groups excluding tert-OH is 1. The van der Waals surface area contributed by atoms with E-state index in [1.54, 1.807) is 49.6 Å². The van der Waals surface area contributed by atoms with Crippen LogP contribution in [0, 0.1) is 5.82 Å². The van der Waals surface area contributed by atoms with Crippen molar-refractivity contribution in [3.8, 4) is 11.5 Å². The Bertz CT molecular complexity index is 1310. The standard InChI is InChI=1S/C27H23BrFNO5/c1-34-21-11-6-16(14-22(21)35-2)12-13-30-24(18-4-3-5-20(29)15-18)23(26(32)27(30)33)25(31)17-7-9-19(28)10-8-17/h3-11,14-15,24,31H,12-13H2,1-2H3. The predicted octanol–water partition coefficient (Wildman–Crippen LogP) is 5.27. The summed E-state index contributed by atoms with van der Waals surface area (Å²) in [6.45, 7) is 0.165. The highest BCUT2D eigenvalue weighted by Gasteiger charge is 2.45. The Morgan fingerprint density at radius 1 is 1.00 bits per heavy atom. The van der Waals surface area contributed by atoms with Crippen LogP contribution in [0.4, 0.5) is 4.39 Å². The van der Waals surface area contributed by atoms with E-state index in [-0.39, 0.29) is 17.9 Å². The van der Waals surface area contributed by atoms with Crippen LogP contribution in [0.5, 0.6) is 11.5 Å². The second-order valence-corrected chi connectivity index (χ2v) is 8.91. The Balaban J connectivity index is 1.74. The van der Waals surface area contributed by atoms with E-state index >= 15 is 0 Å². The first kappa shape index (κ1) is 24.5. The number of hydrogen-bond acceptors (Lipinski definition) is 5. The van der Waals surface area contributed by atoms with Crippen molar-refractivity contribution in [1.29, 1.82) is 0 Å². The van der Waals surface area contributed by atoms with Crippen molar-refractivity contribution in [1.82, 2.24) is 4.90 Å². The summed E-state index contributed by atoms with van der Waals surface area (Å²) < 4.78 is 25.6. The number of nitrogens with zero attached hydrogens (tertiary/aromatic N) is 1. The van der Waals surface area contributed by atoms with Gasteiger partial charge in [-0.15, -0.1) is 0 Å². The number of carbonyl (C=O) groups excluding carboxylic acids is 2. The van der Waals surface area contributed by atoms with Crippen LogP contribution in [0.15, 0.2) is 76.8 Å². The van der Waals surface area contributed by atoms with Gasteiger partial charge >= 0.3 is 0 Å². The molecule has 1 aliphatic heterocycles.